The Kier molecular flexibility index (Phi) is 6.06. The Labute approximate surface area is 168 Å². The molecule has 0 radical (unpaired) electrons. The summed E-state index contributed by atoms with van der Waals surface area (Å²) in [6.07, 6.45) is 0. The number of nitrogens with zero attached hydrogens (tertiary/aromatic N) is 3. The van der Waals surface area contributed by atoms with Gasteiger partial charge in [-0.3, -0.25) is 20.3 Å². The molecule has 0 saturated heterocycles. The van der Waals surface area contributed by atoms with Crippen molar-refractivity contribution in [3.63, 3.8) is 0 Å². The smallest absolute Gasteiger partial charge is 0.253 e. The van der Waals surface area contributed by atoms with E-state index in [2.05, 4.69) is 36.6 Å². The third-order valence-corrected chi connectivity index (χ3v) is 5.08. The fourth-order valence-corrected chi connectivity index (χ4v) is 3.26. The van der Waals surface area contributed by atoms with E-state index in [0.717, 1.165) is 0 Å². The fourth-order valence-electron chi connectivity index (χ4n) is 2.14. The van der Waals surface area contributed by atoms with E-state index < -0.39 is 16.7 Å². The highest BCUT2D eigenvalue weighted by molar-refractivity contribution is 9.10. The molecule has 3 aromatic rings. The van der Waals surface area contributed by atoms with Crippen molar-refractivity contribution >= 4 is 50.6 Å². The summed E-state index contributed by atoms with van der Waals surface area (Å²) in [5.74, 6) is -0.0890. The van der Waals surface area contributed by atoms with E-state index in [1.165, 1.54) is 30.0 Å². The number of nitrogen functional groups attached to an aromatic ring is 1. The van der Waals surface area contributed by atoms with Crippen LogP contribution in [0.15, 0.2) is 46.9 Å². The van der Waals surface area contributed by atoms with Gasteiger partial charge in [-0.05, 0) is 44.4 Å². The molecule has 0 aliphatic carbocycles. The standard InChI is InChI=1S/C15H12BrFN6O4S/c16-7-5-6(1-2-8(7)17)20-14(21-26)11-15(23-27-22-11)28-4-3-19-10-9(18)12(24)13(10)25/h1-2,5,19,26H,3-4,18H2,(H,20,21). The van der Waals surface area contributed by atoms with Gasteiger partial charge in [-0.1, -0.05) is 11.8 Å². The van der Waals surface area contributed by atoms with Crippen LogP contribution in [0.1, 0.15) is 5.69 Å². The molecule has 13 heteroatoms. The van der Waals surface area contributed by atoms with E-state index in [9.17, 15) is 19.2 Å². The van der Waals surface area contributed by atoms with Crippen molar-refractivity contribution < 1.29 is 14.2 Å². The van der Waals surface area contributed by atoms with Crippen LogP contribution in [0.5, 0.6) is 0 Å². The summed E-state index contributed by atoms with van der Waals surface area (Å²) in [6, 6.07) is 4.05. The Morgan fingerprint density at radius 1 is 1.36 bits per heavy atom. The largest absolute Gasteiger partial charge is 0.394 e. The van der Waals surface area contributed by atoms with E-state index in [0.29, 0.717) is 23.0 Å². The van der Waals surface area contributed by atoms with Gasteiger partial charge in [0.2, 0.25) is 0 Å². The minimum absolute atomic E-state index is 0.0538. The molecule has 28 heavy (non-hydrogen) atoms. The zero-order valence-electron chi connectivity index (χ0n) is 13.9. The molecule has 1 heterocycles. The number of aromatic nitrogens is 2. The van der Waals surface area contributed by atoms with Crippen LogP contribution in [-0.2, 0) is 0 Å². The first-order valence-electron chi connectivity index (χ1n) is 7.64. The van der Waals surface area contributed by atoms with Crippen molar-refractivity contribution in [1.29, 1.82) is 0 Å². The van der Waals surface area contributed by atoms with Crippen LogP contribution in [0.3, 0.4) is 0 Å². The van der Waals surface area contributed by atoms with Gasteiger partial charge in [0, 0.05) is 12.3 Å². The van der Waals surface area contributed by atoms with Crippen LogP contribution >= 0.6 is 27.7 Å². The van der Waals surface area contributed by atoms with Gasteiger partial charge in [-0.25, -0.2) is 14.0 Å². The molecular weight excluding hydrogens is 459 g/mol. The number of halogens is 2. The molecule has 0 saturated carbocycles. The van der Waals surface area contributed by atoms with Gasteiger partial charge in [0.1, 0.15) is 17.2 Å². The molecule has 2 aromatic carbocycles. The first kappa shape index (κ1) is 20.0. The number of hydroxylamine groups is 1. The summed E-state index contributed by atoms with van der Waals surface area (Å²) in [6.45, 7) is 0.315. The highest BCUT2D eigenvalue weighted by Crippen LogP contribution is 2.24. The molecule has 1 aromatic heterocycles. The lowest BCUT2D eigenvalue weighted by Crippen LogP contribution is -2.37. The van der Waals surface area contributed by atoms with Crippen molar-refractivity contribution in [2.24, 2.45) is 4.99 Å². The lowest BCUT2D eigenvalue weighted by Gasteiger charge is -2.09. The average molecular weight is 471 g/mol. The lowest BCUT2D eigenvalue weighted by atomic mass is 10.2. The van der Waals surface area contributed by atoms with Crippen LogP contribution in [0.25, 0.3) is 0 Å². The summed E-state index contributed by atoms with van der Waals surface area (Å²) in [4.78, 5) is 26.5. The van der Waals surface area contributed by atoms with Gasteiger partial charge in [0.15, 0.2) is 16.6 Å². The highest BCUT2D eigenvalue weighted by atomic mass is 79.9. The van der Waals surface area contributed by atoms with Crippen molar-refractivity contribution in [2.75, 3.05) is 23.3 Å². The fraction of sp³-hybridized carbons (Fsp3) is 0.133. The van der Waals surface area contributed by atoms with Crippen LogP contribution in [-0.4, -0.2) is 33.7 Å². The number of anilines is 2. The summed E-state index contributed by atoms with van der Waals surface area (Å²) in [7, 11) is 0. The molecule has 0 spiro atoms. The SMILES string of the molecule is Nc1c(NCCSc2nonc2C(=Nc2ccc(F)c(Br)c2)NO)c(=O)c1=O. The van der Waals surface area contributed by atoms with Crippen LogP contribution in [0.4, 0.5) is 21.5 Å². The molecule has 0 bridgehead atoms. The van der Waals surface area contributed by atoms with Crippen LogP contribution < -0.4 is 27.4 Å². The number of thioether (sulfide) groups is 1. The number of nitrogens with one attached hydrogen (secondary N) is 2. The Hall–Kier alpha value is -2.77. The molecule has 0 amide bonds. The van der Waals surface area contributed by atoms with Crippen molar-refractivity contribution in [1.82, 2.24) is 15.8 Å². The van der Waals surface area contributed by atoms with Crippen molar-refractivity contribution in [3.05, 3.63) is 54.6 Å². The van der Waals surface area contributed by atoms with E-state index in [1.54, 1.807) is 0 Å². The second-order valence-corrected chi connectivity index (χ2v) is 7.25. The minimum atomic E-state index is -0.694. The maximum atomic E-state index is 13.3. The van der Waals surface area contributed by atoms with Gasteiger partial charge in [0.25, 0.3) is 10.9 Å². The van der Waals surface area contributed by atoms with E-state index in [4.69, 9.17) is 10.4 Å². The zero-order chi connectivity index (χ0) is 20.3. The maximum absolute atomic E-state index is 13.3. The predicted octanol–water partition coefficient (Wildman–Crippen LogP) is 1.41. The van der Waals surface area contributed by atoms with Gasteiger partial charge < -0.3 is 11.1 Å². The van der Waals surface area contributed by atoms with Gasteiger partial charge in [-0.15, -0.1) is 0 Å². The number of rotatable bonds is 7. The molecular formula is C15H12BrFN6O4S. The van der Waals surface area contributed by atoms with Gasteiger partial charge in [0.05, 0.1) is 10.2 Å². The minimum Gasteiger partial charge on any atom is -0.394 e. The second kappa shape index (κ2) is 8.50. The number of aliphatic imine (C=N–C) groups is 1. The molecule has 0 atom stereocenters. The highest BCUT2D eigenvalue weighted by Gasteiger charge is 2.19. The summed E-state index contributed by atoms with van der Waals surface area (Å²) >= 11 is 4.26. The topological polar surface area (TPSA) is 156 Å². The first-order chi connectivity index (χ1) is 13.4. The van der Waals surface area contributed by atoms with E-state index >= 15 is 0 Å². The quantitative estimate of drug-likeness (QED) is 0.0993. The molecule has 0 aliphatic heterocycles. The molecule has 146 valence electrons. The Bertz CT molecular complexity index is 1110. The maximum Gasteiger partial charge on any atom is 0.253 e. The summed E-state index contributed by atoms with van der Waals surface area (Å²) in [5, 5.41) is 19.9. The number of hydrogen-bond donors (Lipinski definition) is 4. The van der Waals surface area contributed by atoms with E-state index in [1.807, 2.05) is 5.48 Å². The molecule has 10 nitrogen and oxygen atoms in total. The number of nitrogens with two attached hydrogens (primary N) is 1. The van der Waals surface area contributed by atoms with Crippen molar-refractivity contribution in [3.8, 4) is 0 Å². The molecule has 0 aliphatic rings. The van der Waals surface area contributed by atoms with Gasteiger partial charge in [-0.2, -0.15) is 0 Å². The monoisotopic (exact) mass is 470 g/mol. The lowest BCUT2D eigenvalue weighted by molar-refractivity contribution is 0.234. The normalized spacial score (nSPS) is 11.8. The number of hydrogen-bond acceptors (Lipinski definition) is 10. The molecule has 0 fully saturated rings. The Balaban J connectivity index is 1.67. The zero-order valence-corrected chi connectivity index (χ0v) is 16.3. The summed E-state index contributed by atoms with van der Waals surface area (Å²) in [5.41, 5.74) is 6.52. The molecule has 3 rings (SSSR count). The van der Waals surface area contributed by atoms with Crippen LogP contribution in [0.2, 0.25) is 0 Å². The third kappa shape index (κ3) is 4.05. The molecule has 0 unspecified atom stereocenters. The first-order valence-corrected chi connectivity index (χ1v) is 9.42. The Morgan fingerprint density at radius 3 is 2.82 bits per heavy atom. The number of benzene rings is 1. The average Bonchev–Trinajstić information content (AvgIpc) is 3.16. The predicted molar refractivity (Wildman–Crippen MR) is 104 cm³/mol. The molecule has 5 N–H and O–H groups in total. The van der Waals surface area contributed by atoms with Gasteiger partial charge >= 0.3 is 0 Å². The second-order valence-electron chi connectivity index (χ2n) is 5.31. The van der Waals surface area contributed by atoms with Crippen molar-refractivity contribution in [2.45, 2.75) is 5.03 Å². The summed E-state index contributed by atoms with van der Waals surface area (Å²) < 4.78 is 18.2. The third-order valence-electron chi connectivity index (χ3n) is 3.52. The Morgan fingerprint density at radius 2 is 2.14 bits per heavy atom. The number of amidine groups is 1. The van der Waals surface area contributed by atoms with Crippen LogP contribution in [0, 0.1) is 5.82 Å². The van der Waals surface area contributed by atoms with E-state index in [-0.39, 0.29) is 27.4 Å².